The second kappa shape index (κ2) is 6.67. The van der Waals surface area contributed by atoms with E-state index in [0.717, 1.165) is 9.88 Å². The highest BCUT2D eigenvalue weighted by Gasteiger charge is 2.17. The van der Waals surface area contributed by atoms with Crippen molar-refractivity contribution in [1.29, 1.82) is 0 Å². The fraction of sp³-hybridized carbons (Fsp3) is 0.0667. The first kappa shape index (κ1) is 15.3. The second-order valence-electron chi connectivity index (χ2n) is 4.56. The van der Waals surface area contributed by atoms with Gasteiger partial charge in [0.1, 0.15) is 9.88 Å². The molecule has 3 rings (SSSR count). The van der Waals surface area contributed by atoms with Crippen molar-refractivity contribution in [2.45, 2.75) is 6.92 Å². The quantitative estimate of drug-likeness (QED) is 0.716. The molecule has 6 nitrogen and oxygen atoms in total. The van der Waals surface area contributed by atoms with E-state index >= 15 is 0 Å². The number of hydrogen-bond acceptors (Lipinski definition) is 6. The highest BCUT2D eigenvalue weighted by atomic mass is 32.1. The van der Waals surface area contributed by atoms with Crippen LogP contribution < -0.4 is 10.9 Å². The van der Waals surface area contributed by atoms with Crippen LogP contribution in [0.25, 0.3) is 9.88 Å². The first-order valence-electron chi connectivity index (χ1n) is 6.67. The van der Waals surface area contributed by atoms with E-state index in [0.29, 0.717) is 16.1 Å². The Morgan fingerprint density at radius 1 is 1.13 bits per heavy atom. The van der Waals surface area contributed by atoms with Crippen molar-refractivity contribution in [1.82, 2.24) is 20.8 Å². The van der Waals surface area contributed by atoms with Crippen LogP contribution in [0.15, 0.2) is 42.0 Å². The molecule has 2 amide bonds. The molecule has 0 saturated heterocycles. The largest absolute Gasteiger partial charge is 0.281 e. The van der Waals surface area contributed by atoms with Crippen molar-refractivity contribution >= 4 is 34.5 Å². The average Bonchev–Trinajstić information content (AvgIpc) is 3.22. The number of thiazole rings is 1. The fourth-order valence-electron chi connectivity index (χ4n) is 1.85. The lowest BCUT2D eigenvalue weighted by Gasteiger charge is -2.06. The van der Waals surface area contributed by atoms with Gasteiger partial charge in [0, 0.05) is 12.4 Å². The van der Waals surface area contributed by atoms with Gasteiger partial charge in [-0.25, -0.2) is 4.98 Å². The van der Waals surface area contributed by atoms with Crippen molar-refractivity contribution in [2.75, 3.05) is 0 Å². The molecule has 3 aromatic rings. The van der Waals surface area contributed by atoms with Crippen molar-refractivity contribution in [2.24, 2.45) is 0 Å². The third-order valence-electron chi connectivity index (χ3n) is 2.95. The Hall–Kier alpha value is -2.58. The number of amides is 2. The Bertz CT molecular complexity index is 829. The van der Waals surface area contributed by atoms with Crippen molar-refractivity contribution in [3.05, 3.63) is 58.2 Å². The number of hydrogen-bond donors (Lipinski definition) is 2. The fourth-order valence-corrected chi connectivity index (χ4v) is 3.61. The van der Waals surface area contributed by atoms with Crippen molar-refractivity contribution in [3.8, 4) is 9.88 Å². The summed E-state index contributed by atoms with van der Waals surface area (Å²) in [6.07, 6.45) is 3.00. The molecule has 2 N–H and O–H groups in total. The Balaban J connectivity index is 1.68. The van der Waals surface area contributed by atoms with Crippen LogP contribution in [-0.4, -0.2) is 21.8 Å². The number of hydrazine groups is 1. The van der Waals surface area contributed by atoms with Crippen LogP contribution >= 0.6 is 22.7 Å². The number of aromatic nitrogens is 2. The van der Waals surface area contributed by atoms with Crippen LogP contribution in [0.3, 0.4) is 0 Å². The van der Waals surface area contributed by atoms with Gasteiger partial charge in [-0.3, -0.25) is 25.4 Å². The normalized spacial score (nSPS) is 10.3. The van der Waals surface area contributed by atoms with Crippen LogP contribution in [0.5, 0.6) is 0 Å². The summed E-state index contributed by atoms with van der Waals surface area (Å²) in [5, 5.41) is 2.75. The first-order chi connectivity index (χ1) is 11.1. The number of carbonyl (C=O) groups is 2. The summed E-state index contributed by atoms with van der Waals surface area (Å²) in [6, 6.07) is 7.15. The molecular weight excluding hydrogens is 332 g/mol. The predicted octanol–water partition coefficient (Wildman–Crippen LogP) is 2.65. The maximum Gasteiger partial charge on any atom is 0.281 e. The number of pyridine rings is 1. The molecule has 0 spiro atoms. The molecule has 116 valence electrons. The number of rotatable bonds is 3. The van der Waals surface area contributed by atoms with Gasteiger partial charge in [0.05, 0.1) is 16.1 Å². The standard InChI is InChI=1S/C15H12N4O2S2/c1-9-12(23-15(17-9)11-5-3-7-22-11)14(21)19-18-13(20)10-4-2-6-16-8-10/h2-8H,1H3,(H,18,20)(H,19,21). The van der Waals surface area contributed by atoms with Crippen LogP contribution in [0, 0.1) is 6.92 Å². The highest BCUT2D eigenvalue weighted by molar-refractivity contribution is 7.22. The van der Waals surface area contributed by atoms with Gasteiger partial charge in [-0.05, 0) is 30.5 Å². The molecule has 0 aliphatic rings. The molecule has 0 bridgehead atoms. The summed E-state index contributed by atoms with van der Waals surface area (Å²) >= 11 is 2.86. The Labute approximate surface area is 140 Å². The zero-order valence-corrected chi connectivity index (χ0v) is 13.7. The lowest BCUT2D eigenvalue weighted by atomic mass is 10.3. The first-order valence-corrected chi connectivity index (χ1v) is 8.37. The molecule has 3 heterocycles. The van der Waals surface area contributed by atoms with Crippen molar-refractivity contribution in [3.63, 3.8) is 0 Å². The third-order valence-corrected chi connectivity index (χ3v) is 5.14. The zero-order chi connectivity index (χ0) is 16.2. The Morgan fingerprint density at radius 3 is 2.65 bits per heavy atom. The minimum atomic E-state index is -0.424. The van der Waals surface area contributed by atoms with Gasteiger partial charge in [0.15, 0.2) is 0 Å². The van der Waals surface area contributed by atoms with E-state index in [-0.39, 0.29) is 5.91 Å². The van der Waals surface area contributed by atoms with E-state index in [1.165, 1.54) is 17.5 Å². The third kappa shape index (κ3) is 3.43. The molecule has 0 unspecified atom stereocenters. The minimum absolute atomic E-state index is 0.369. The van der Waals surface area contributed by atoms with Crippen LogP contribution in [-0.2, 0) is 0 Å². The van der Waals surface area contributed by atoms with Crippen LogP contribution in [0.4, 0.5) is 0 Å². The highest BCUT2D eigenvalue weighted by Crippen LogP contribution is 2.30. The molecule has 0 aromatic carbocycles. The molecule has 0 radical (unpaired) electrons. The van der Waals surface area contributed by atoms with Gasteiger partial charge in [-0.15, -0.1) is 22.7 Å². The molecule has 0 saturated carbocycles. The maximum absolute atomic E-state index is 12.2. The summed E-state index contributed by atoms with van der Waals surface area (Å²) in [5.41, 5.74) is 5.78. The smallest absolute Gasteiger partial charge is 0.267 e. The predicted molar refractivity (Wildman–Crippen MR) is 89.3 cm³/mol. The SMILES string of the molecule is Cc1nc(-c2cccs2)sc1C(=O)NNC(=O)c1cccnc1. The number of carbonyl (C=O) groups excluding carboxylic acids is 2. The maximum atomic E-state index is 12.2. The number of nitrogens with zero attached hydrogens (tertiary/aromatic N) is 2. The average molecular weight is 344 g/mol. The van der Waals surface area contributed by atoms with Crippen LogP contribution in [0.1, 0.15) is 25.7 Å². The van der Waals surface area contributed by atoms with Gasteiger partial charge in [-0.2, -0.15) is 0 Å². The summed E-state index contributed by atoms with van der Waals surface area (Å²) in [6.45, 7) is 1.77. The van der Waals surface area contributed by atoms with E-state index in [4.69, 9.17) is 0 Å². The summed E-state index contributed by atoms with van der Waals surface area (Å²) in [4.78, 5) is 33.8. The van der Waals surface area contributed by atoms with Crippen molar-refractivity contribution < 1.29 is 9.59 Å². The van der Waals surface area contributed by atoms with E-state index < -0.39 is 5.91 Å². The summed E-state index contributed by atoms with van der Waals surface area (Å²) in [7, 11) is 0. The van der Waals surface area contributed by atoms with E-state index in [2.05, 4.69) is 20.8 Å². The van der Waals surface area contributed by atoms with E-state index in [9.17, 15) is 9.59 Å². The summed E-state index contributed by atoms with van der Waals surface area (Å²) < 4.78 is 0. The number of thiophene rings is 1. The molecule has 0 aliphatic carbocycles. The second-order valence-corrected chi connectivity index (χ2v) is 6.51. The Kier molecular flexibility index (Phi) is 4.45. The molecular formula is C15H12N4O2S2. The van der Waals surface area contributed by atoms with Gasteiger partial charge in [0.2, 0.25) is 0 Å². The topological polar surface area (TPSA) is 84.0 Å². The van der Waals surface area contributed by atoms with E-state index in [1.807, 2.05) is 17.5 Å². The molecule has 23 heavy (non-hydrogen) atoms. The molecule has 8 heteroatoms. The molecule has 0 atom stereocenters. The lowest BCUT2D eigenvalue weighted by Crippen LogP contribution is -2.41. The van der Waals surface area contributed by atoms with Crippen LogP contribution in [0.2, 0.25) is 0 Å². The van der Waals surface area contributed by atoms with Gasteiger partial charge < -0.3 is 0 Å². The lowest BCUT2D eigenvalue weighted by molar-refractivity contribution is 0.0848. The van der Waals surface area contributed by atoms with E-state index in [1.54, 1.807) is 36.6 Å². The van der Waals surface area contributed by atoms with Gasteiger partial charge in [-0.1, -0.05) is 6.07 Å². The molecule has 0 aliphatic heterocycles. The number of nitrogens with one attached hydrogen (secondary N) is 2. The Morgan fingerprint density at radius 2 is 1.96 bits per heavy atom. The minimum Gasteiger partial charge on any atom is -0.267 e. The zero-order valence-electron chi connectivity index (χ0n) is 12.1. The van der Waals surface area contributed by atoms with Gasteiger partial charge >= 0.3 is 0 Å². The monoisotopic (exact) mass is 344 g/mol. The van der Waals surface area contributed by atoms with Gasteiger partial charge in [0.25, 0.3) is 11.8 Å². The molecule has 3 aromatic heterocycles. The molecule has 0 fully saturated rings. The number of aryl methyl sites for hydroxylation is 1. The summed E-state index contributed by atoms with van der Waals surface area (Å²) in [5.74, 6) is -0.813.